The van der Waals surface area contributed by atoms with Gasteiger partial charge >= 0.3 is 0 Å². The summed E-state index contributed by atoms with van der Waals surface area (Å²) in [6.07, 6.45) is 3.40. The van der Waals surface area contributed by atoms with Crippen molar-refractivity contribution in [2.75, 3.05) is 0 Å². The third kappa shape index (κ3) is 2.47. The molecule has 0 spiro atoms. The van der Waals surface area contributed by atoms with Crippen LogP contribution in [-0.4, -0.2) is 28.1 Å². The summed E-state index contributed by atoms with van der Waals surface area (Å²) in [6.45, 7) is 1.95. The van der Waals surface area contributed by atoms with Crippen LogP contribution in [-0.2, 0) is 0 Å². The van der Waals surface area contributed by atoms with Gasteiger partial charge in [-0.3, -0.25) is 10.2 Å². The van der Waals surface area contributed by atoms with Crippen LogP contribution >= 0.6 is 0 Å². The Morgan fingerprint density at radius 2 is 2.14 bits per heavy atom. The number of aromatic hydroxyl groups is 1. The van der Waals surface area contributed by atoms with E-state index in [0.717, 1.165) is 16.9 Å². The minimum atomic E-state index is -0.368. The molecule has 1 amide bonds. The van der Waals surface area contributed by atoms with Crippen LogP contribution in [0.3, 0.4) is 0 Å². The standard InChI is InChI=1S/C16H14N4O2/c1-10-2-5-15(21)12(6-10)8-20-9-18-13-4-3-11(7-14(13)20)16(22)19-17/h2-9H,17H2,1H3,(H,19,22)/p+1. The number of benzene rings is 2. The van der Waals surface area contributed by atoms with Crippen molar-refractivity contribution in [1.29, 1.82) is 0 Å². The van der Waals surface area contributed by atoms with Crippen molar-refractivity contribution in [3.8, 4) is 5.75 Å². The van der Waals surface area contributed by atoms with Crippen LogP contribution in [0.4, 0.5) is 11.4 Å². The van der Waals surface area contributed by atoms with Gasteiger partial charge in [0, 0.05) is 11.6 Å². The zero-order valence-electron chi connectivity index (χ0n) is 11.9. The topological polar surface area (TPSA) is 90.7 Å². The predicted octanol–water partition coefficient (Wildman–Crippen LogP) is 1.74. The molecule has 22 heavy (non-hydrogen) atoms. The van der Waals surface area contributed by atoms with Crippen LogP contribution in [0.2, 0.25) is 0 Å². The van der Waals surface area contributed by atoms with Crippen molar-refractivity contribution in [1.82, 2.24) is 5.43 Å². The summed E-state index contributed by atoms with van der Waals surface area (Å²) in [5, 5.41) is 9.94. The van der Waals surface area contributed by atoms with Crippen molar-refractivity contribution < 1.29 is 14.5 Å². The number of aliphatic imine (C=N–C) groups is 1. The van der Waals surface area contributed by atoms with E-state index in [0.29, 0.717) is 11.1 Å². The van der Waals surface area contributed by atoms with Gasteiger partial charge in [-0.05, 0) is 36.2 Å². The number of nitrogens with one attached hydrogen (secondary N) is 1. The summed E-state index contributed by atoms with van der Waals surface area (Å²) in [5.74, 6) is 4.97. The Morgan fingerprint density at radius 1 is 1.32 bits per heavy atom. The van der Waals surface area contributed by atoms with Crippen LogP contribution in [0.5, 0.6) is 5.75 Å². The summed E-state index contributed by atoms with van der Waals surface area (Å²) >= 11 is 0. The smallest absolute Gasteiger partial charge is 0.292 e. The monoisotopic (exact) mass is 295 g/mol. The fourth-order valence-corrected chi connectivity index (χ4v) is 2.28. The Labute approximate surface area is 127 Å². The Hall–Kier alpha value is -2.99. The van der Waals surface area contributed by atoms with E-state index in [-0.39, 0.29) is 11.7 Å². The maximum Gasteiger partial charge on any atom is 0.292 e. The van der Waals surface area contributed by atoms with Crippen LogP contribution in [0, 0.1) is 6.92 Å². The first-order valence-corrected chi connectivity index (χ1v) is 6.70. The number of phenolic OH excluding ortho intramolecular Hbond substituents is 1. The highest BCUT2D eigenvalue weighted by Gasteiger charge is 2.22. The van der Waals surface area contributed by atoms with Crippen molar-refractivity contribution in [3.05, 3.63) is 53.1 Å². The van der Waals surface area contributed by atoms with E-state index in [4.69, 9.17) is 5.84 Å². The molecule has 1 heterocycles. The zero-order valence-corrected chi connectivity index (χ0v) is 11.9. The molecular formula is C16H15N4O2+. The molecule has 110 valence electrons. The SMILES string of the molecule is Cc1ccc(O)c(C=[N+]2C=Nc3ccc(C(=O)NN)cc32)c1. The first kappa shape index (κ1) is 14.0. The number of hydrazine groups is 1. The second-order valence-corrected chi connectivity index (χ2v) is 5.02. The average Bonchev–Trinajstić information content (AvgIpc) is 2.92. The zero-order chi connectivity index (χ0) is 15.7. The lowest BCUT2D eigenvalue weighted by molar-refractivity contribution is -0.282. The third-order valence-electron chi connectivity index (χ3n) is 3.43. The summed E-state index contributed by atoms with van der Waals surface area (Å²) in [5.41, 5.74) is 5.76. The maximum absolute atomic E-state index is 11.6. The molecule has 0 aromatic heterocycles. The van der Waals surface area contributed by atoms with Gasteiger partial charge in [0.2, 0.25) is 5.69 Å². The fourth-order valence-electron chi connectivity index (χ4n) is 2.28. The number of nitrogens with zero attached hydrogens (tertiary/aromatic N) is 2. The first-order valence-electron chi connectivity index (χ1n) is 6.70. The highest BCUT2D eigenvalue weighted by Crippen LogP contribution is 2.32. The lowest BCUT2D eigenvalue weighted by Crippen LogP contribution is -2.29. The summed E-state index contributed by atoms with van der Waals surface area (Å²) in [6, 6.07) is 10.5. The molecule has 6 nitrogen and oxygen atoms in total. The Morgan fingerprint density at radius 3 is 2.91 bits per heavy atom. The van der Waals surface area contributed by atoms with Gasteiger partial charge in [-0.1, -0.05) is 11.6 Å². The second-order valence-electron chi connectivity index (χ2n) is 5.02. The number of phenols is 1. The number of hydrogen-bond acceptors (Lipinski definition) is 4. The minimum absolute atomic E-state index is 0.184. The van der Waals surface area contributed by atoms with E-state index >= 15 is 0 Å². The molecule has 0 bridgehead atoms. The predicted molar refractivity (Wildman–Crippen MR) is 84.2 cm³/mol. The number of fused-ring (bicyclic) bond motifs is 1. The summed E-state index contributed by atoms with van der Waals surface area (Å²) in [4.78, 5) is 15.9. The maximum atomic E-state index is 11.6. The van der Waals surface area contributed by atoms with E-state index in [2.05, 4.69) is 10.4 Å². The second kappa shape index (κ2) is 5.42. The van der Waals surface area contributed by atoms with Gasteiger partial charge < -0.3 is 5.11 Å². The van der Waals surface area contributed by atoms with Gasteiger partial charge in [0.05, 0.1) is 5.56 Å². The number of carbonyl (C=O) groups excluding carboxylic acids is 1. The number of amides is 1. The van der Waals surface area contributed by atoms with Crippen molar-refractivity contribution in [3.63, 3.8) is 0 Å². The quantitative estimate of drug-likeness (QED) is 0.341. The number of carbonyl (C=O) groups is 1. The molecule has 0 saturated heterocycles. The molecule has 1 aliphatic heterocycles. The van der Waals surface area contributed by atoms with Gasteiger partial charge in [0.15, 0.2) is 5.69 Å². The Balaban J connectivity index is 2.06. The van der Waals surface area contributed by atoms with Crippen LogP contribution in [0.25, 0.3) is 0 Å². The van der Waals surface area contributed by atoms with E-state index in [1.807, 2.05) is 19.1 Å². The third-order valence-corrected chi connectivity index (χ3v) is 3.43. The van der Waals surface area contributed by atoms with Gasteiger partial charge in [-0.15, -0.1) is 0 Å². The average molecular weight is 295 g/mol. The van der Waals surface area contributed by atoms with E-state index < -0.39 is 0 Å². The molecule has 0 aliphatic carbocycles. The molecule has 0 unspecified atom stereocenters. The summed E-state index contributed by atoms with van der Waals surface area (Å²) < 4.78 is 1.76. The Kier molecular flexibility index (Phi) is 3.44. The number of nitrogen functional groups attached to an aromatic ring is 1. The molecular weight excluding hydrogens is 280 g/mol. The van der Waals surface area contributed by atoms with Crippen molar-refractivity contribution in [2.45, 2.75) is 6.92 Å². The van der Waals surface area contributed by atoms with E-state index in [1.54, 1.807) is 41.4 Å². The molecule has 2 aromatic carbocycles. The number of rotatable bonds is 2. The number of aryl methyl sites for hydroxylation is 1. The van der Waals surface area contributed by atoms with Gasteiger partial charge in [0.25, 0.3) is 12.2 Å². The Bertz CT molecular complexity index is 825. The van der Waals surface area contributed by atoms with Gasteiger partial charge in [0.1, 0.15) is 12.0 Å². The highest BCUT2D eigenvalue weighted by molar-refractivity contribution is 5.96. The molecule has 0 saturated carbocycles. The molecule has 6 heteroatoms. The highest BCUT2D eigenvalue weighted by atomic mass is 16.3. The van der Waals surface area contributed by atoms with Crippen LogP contribution < -0.4 is 11.3 Å². The minimum Gasteiger partial charge on any atom is -0.507 e. The van der Waals surface area contributed by atoms with Crippen molar-refractivity contribution >= 4 is 29.8 Å². The van der Waals surface area contributed by atoms with Crippen molar-refractivity contribution in [2.24, 2.45) is 10.8 Å². The number of nitrogens with two attached hydrogens (primary N) is 1. The summed E-state index contributed by atoms with van der Waals surface area (Å²) in [7, 11) is 0. The van der Waals surface area contributed by atoms with Crippen LogP contribution in [0.15, 0.2) is 41.4 Å². The molecule has 3 rings (SSSR count). The lowest BCUT2D eigenvalue weighted by atomic mass is 10.1. The lowest BCUT2D eigenvalue weighted by Gasteiger charge is -2.03. The van der Waals surface area contributed by atoms with Gasteiger partial charge in [-0.25, -0.2) is 5.84 Å². The van der Waals surface area contributed by atoms with E-state index in [1.165, 1.54) is 0 Å². The largest absolute Gasteiger partial charge is 0.507 e. The fraction of sp³-hybridized carbons (Fsp3) is 0.0625. The molecule has 1 aliphatic rings. The molecule has 0 atom stereocenters. The molecule has 0 fully saturated rings. The molecule has 2 aromatic rings. The molecule has 0 radical (unpaired) electrons. The van der Waals surface area contributed by atoms with Gasteiger partial charge in [-0.2, -0.15) is 4.58 Å². The molecule has 4 N–H and O–H groups in total. The van der Waals surface area contributed by atoms with Crippen LogP contribution in [0.1, 0.15) is 21.5 Å². The first-order chi connectivity index (χ1) is 10.6. The number of hydrogen-bond donors (Lipinski definition) is 3. The normalized spacial score (nSPS) is 14.2. The van der Waals surface area contributed by atoms with E-state index in [9.17, 15) is 9.90 Å².